The van der Waals surface area contributed by atoms with Gasteiger partial charge in [0.2, 0.25) is 11.5 Å². The van der Waals surface area contributed by atoms with Crippen molar-refractivity contribution in [3.05, 3.63) is 47.5 Å². The van der Waals surface area contributed by atoms with Crippen LogP contribution in [-0.2, 0) is 4.79 Å². The summed E-state index contributed by atoms with van der Waals surface area (Å²) in [7, 11) is 6.33. The van der Waals surface area contributed by atoms with Crippen LogP contribution in [0.5, 0.6) is 34.5 Å². The van der Waals surface area contributed by atoms with Crippen LogP contribution in [0, 0.1) is 0 Å². The van der Waals surface area contributed by atoms with Crippen LogP contribution >= 0.6 is 0 Å². The van der Waals surface area contributed by atoms with E-state index in [1.165, 1.54) is 12.2 Å². The quantitative estimate of drug-likeness (QED) is 0.403. The number of benzene rings is 2. The number of methoxy groups -OCH3 is 4. The molecule has 180 valence electrons. The standard InChI is InChI=1S/C27H30O7/c1-29-22-13-17(14-23(30-2)26(22)33-20-9-10-20)5-7-19(28)8-6-18-15-24(31-3)27(25(16-18)32-4)34-21-11-12-21/h5-8,13-16,20-21H,9-12H2,1-4H3/b7-5+,8-6+. The molecule has 2 aromatic carbocycles. The first kappa shape index (κ1) is 23.5. The van der Waals surface area contributed by atoms with Crippen LogP contribution in [0.15, 0.2) is 36.4 Å². The Kier molecular flexibility index (Phi) is 7.30. The Labute approximate surface area is 199 Å². The van der Waals surface area contributed by atoms with Crippen LogP contribution in [0.4, 0.5) is 0 Å². The molecule has 0 spiro atoms. The topological polar surface area (TPSA) is 72.5 Å². The minimum atomic E-state index is -0.174. The number of hydrogen-bond acceptors (Lipinski definition) is 7. The van der Waals surface area contributed by atoms with Gasteiger partial charge in [-0.15, -0.1) is 0 Å². The van der Waals surface area contributed by atoms with Crippen molar-refractivity contribution in [2.75, 3.05) is 28.4 Å². The lowest BCUT2D eigenvalue weighted by atomic mass is 10.1. The highest BCUT2D eigenvalue weighted by Gasteiger charge is 2.28. The SMILES string of the molecule is COc1cc(/C=C/C(=O)/C=C/c2cc(OC)c(OC3CC3)c(OC)c2)cc(OC)c1OC1CC1. The summed E-state index contributed by atoms with van der Waals surface area (Å²) in [4.78, 5) is 12.5. The van der Waals surface area contributed by atoms with Gasteiger partial charge in [-0.3, -0.25) is 4.79 Å². The summed E-state index contributed by atoms with van der Waals surface area (Å²) in [5.74, 6) is 3.29. The van der Waals surface area contributed by atoms with E-state index in [0.29, 0.717) is 34.5 Å². The van der Waals surface area contributed by atoms with Gasteiger partial charge in [-0.05, 0) is 73.2 Å². The summed E-state index contributed by atoms with van der Waals surface area (Å²) in [5, 5.41) is 0. The van der Waals surface area contributed by atoms with Gasteiger partial charge < -0.3 is 28.4 Å². The Morgan fingerprint density at radius 3 is 1.24 bits per heavy atom. The highest BCUT2D eigenvalue weighted by molar-refractivity contribution is 6.04. The molecule has 2 aromatic rings. The minimum Gasteiger partial charge on any atom is -0.493 e. The Bertz CT molecular complexity index is 959. The molecule has 0 aliphatic heterocycles. The van der Waals surface area contributed by atoms with Crippen molar-refractivity contribution in [2.45, 2.75) is 37.9 Å². The second kappa shape index (κ2) is 10.5. The van der Waals surface area contributed by atoms with E-state index in [0.717, 1.165) is 36.8 Å². The molecule has 0 unspecified atom stereocenters. The summed E-state index contributed by atoms with van der Waals surface area (Å²) in [5.41, 5.74) is 1.53. The molecule has 0 saturated heterocycles. The third-order valence-electron chi connectivity index (χ3n) is 5.46. The predicted molar refractivity (Wildman–Crippen MR) is 129 cm³/mol. The van der Waals surface area contributed by atoms with Gasteiger partial charge in [0.1, 0.15) is 0 Å². The molecule has 0 heterocycles. The van der Waals surface area contributed by atoms with Crippen LogP contribution in [0.2, 0.25) is 0 Å². The first-order valence-electron chi connectivity index (χ1n) is 11.3. The van der Waals surface area contributed by atoms with E-state index < -0.39 is 0 Å². The molecule has 0 atom stereocenters. The summed E-state index contributed by atoms with van der Waals surface area (Å²) in [6.07, 6.45) is 11.0. The Hall–Kier alpha value is -3.61. The molecule has 2 aliphatic carbocycles. The molecule has 0 bridgehead atoms. The minimum absolute atomic E-state index is 0.174. The summed E-state index contributed by atoms with van der Waals surface area (Å²) >= 11 is 0. The monoisotopic (exact) mass is 466 g/mol. The van der Waals surface area contributed by atoms with E-state index >= 15 is 0 Å². The third-order valence-corrected chi connectivity index (χ3v) is 5.46. The van der Waals surface area contributed by atoms with Crippen molar-refractivity contribution in [3.8, 4) is 34.5 Å². The molecule has 7 nitrogen and oxygen atoms in total. The smallest absolute Gasteiger partial charge is 0.203 e. The first-order valence-corrected chi connectivity index (χ1v) is 11.3. The number of ketones is 1. The fraction of sp³-hybridized carbons (Fsp3) is 0.370. The molecule has 0 radical (unpaired) electrons. The molecule has 2 saturated carbocycles. The third kappa shape index (κ3) is 5.84. The van der Waals surface area contributed by atoms with Crippen LogP contribution < -0.4 is 28.4 Å². The van der Waals surface area contributed by atoms with Gasteiger partial charge in [0.25, 0.3) is 0 Å². The largest absolute Gasteiger partial charge is 0.493 e. The predicted octanol–water partition coefficient (Wildman–Crippen LogP) is 5.10. The fourth-order valence-electron chi connectivity index (χ4n) is 3.34. The number of allylic oxidation sites excluding steroid dienone is 2. The summed E-state index contributed by atoms with van der Waals surface area (Å²) in [6, 6.07) is 7.29. The molecular formula is C27H30O7. The van der Waals surface area contributed by atoms with Crippen molar-refractivity contribution in [2.24, 2.45) is 0 Å². The van der Waals surface area contributed by atoms with Crippen LogP contribution in [0.3, 0.4) is 0 Å². The van der Waals surface area contributed by atoms with Gasteiger partial charge in [0.05, 0.1) is 40.6 Å². The molecule has 34 heavy (non-hydrogen) atoms. The highest BCUT2D eigenvalue weighted by atomic mass is 16.6. The number of rotatable bonds is 12. The second-order valence-electron chi connectivity index (χ2n) is 8.21. The summed E-state index contributed by atoms with van der Waals surface area (Å²) < 4.78 is 33.8. The fourth-order valence-corrected chi connectivity index (χ4v) is 3.34. The van der Waals surface area contributed by atoms with Crippen molar-refractivity contribution in [1.82, 2.24) is 0 Å². The summed E-state index contributed by atoms with van der Waals surface area (Å²) in [6.45, 7) is 0. The van der Waals surface area contributed by atoms with Gasteiger partial charge in [0.15, 0.2) is 28.8 Å². The zero-order chi connectivity index (χ0) is 24.1. The average Bonchev–Trinajstić information content (AvgIpc) is 3.78. The maximum Gasteiger partial charge on any atom is 0.203 e. The highest BCUT2D eigenvalue weighted by Crippen LogP contribution is 2.43. The van der Waals surface area contributed by atoms with Crippen molar-refractivity contribution < 1.29 is 33.2 Å². The number of hydrogen-bond donors (Lipinski definition) is 0. The molecule has 0 amide bonds. The molecule has 2 fully saturated rings. The van der Waals surface area contributed by atoms with Gasteiger partial charge in [-0.1, -0.05) is 12.2 Å². The van der Waals surface area contributed by atoms with E-state index in [1.54, 1.807) is 40.6 Å². The van der Waals surface area contributed by atoms with Crippen LogP contribution in [0.1, 0.15) is 36.8 Å². The molecular weight excluding hydrogens is 436 g/mol. The van der Waals surface area contributed by atoms with E-state index in [1.807, 2.05) is 24.3 Å². The molecule has 0 aromatic heterocycles. The normalized spacial score (nSPS) is 15.4. The number of carbonyl (C=O) groups is 1. The zero-order valence-electron chi connectivity index (χ0n) is 20.0. The van der Waals surface area contributed by atoms with Crippen molar-refractivity contribution >= 4 is 17.9 Å². The van der Waals surface area contributed by atoms with Gasteiger partial charge in [-0.25, -0.2) is 0 Å². The van der Waals surface area contributed by atoms with Gasteiger partial charge in [0, 0.05) is 0 Å². The van der Waals surface area contributed by atoms with E-state index in [2.05, 4.69) is 0 Å². The maximum atomic E-state index is 12.5. The molecule has 4 rings (SSSR count). The molecule has 7 heteroatoms. The van der Waals surface area contributed by atoms with Gasteiger partial charge >= 0.3 is 0 Å². The Morgan fingerprint density at radius 2 is 0.971 bits per heavy atom. The van der Waals surface area contributed by atoms with Crippen LogP contribution in [0.25, 0.3) is 12.2 Å². The average molecular weight is 467 g/mol. The Balaban J connectivity index is 1.48. The first-order chi connectivity index (χ1) is 16.5. The lowest BCUT2D eigenvalue weighted by Gasteiger charge is -2.15. The van der Waals surface area contributed by atoms with Crippen molar-refractivity contribution in [1.29, 1.82) is 0 Å². The van der Waals surface area contributed by atoms with Crippen molar-refractivity contribution in [3.63, 3.8) is 0 Å². The second-order valence-corrected chi connectivity index (χ2v) is 8.21. The molecule has 0 N–H and O–H groups in total. The molecule has 2 aliphatic rings. The van der Waals surface area contributed by atoms with E-state index in [-0.39, 0.29) is 18.0 Å². The van der Waals surface area contributed by atoms with Gasteiger partial charge in [-0.2, -0.15) is 0 Å². The number of carbonyl (C=O) groups excluding carboxylic acids is 1. The van der Waals surface area contributed by atoms with E-state index in [4.69, 9.17) is 28.4 Å². The number of ether oxygens (including phenoxy) is 6. The lowest BCUT2D eigenvalue weighted by molar-refractivity contribution is -0.110. The Morgan fingerprint density at radius 1 is 0.647 bits per heavy atom. The zero-order valence-corrected chi connectivity index (χ0v) is 20.0. The lowest BCUT2D eigenvalue weighted by Crippen LogP contribution is -2.01. The maximum absolute atomic E-state index is 12.5. The van der Waals surface area contributed by atoms with Crippen LogP contribution in [-0.4, -0.2) is 46.4 Å². The van der Waals surface area contributed by atoms with E-state index in [9.17, 15) is 4.79 Å².